The molecule has 1 atom stereocenters. The van der Waals surface area contributed by atoms with Crippen molar-refractivity contribution in [3.63, 3.8) is 0 Å². The molecule has 0 bridgehead atoms. The summed E-state index contributed by atoms with van der Waals surface area (Å²) in [6.07, 6.45) is 0.402. The van der Waals surface area contributed by atoms with Gasteiger partial charge in [-0.15, -0.1) is 0 Å². The molecule has 1 aliphatic heterocycles. The quantitative estimate of drug-likeness (QED) is 0.776. The molecule has 0 aromatic heterocycles. The molecule has 98 valence electrons. The number of carbonyl (C=O) groups excluding carboxylic acids is 2. The van der Waals surface area contributed by atoms with Crippen LogP contribution in [0.2, 0.25) is 0 Å². The van der Waals surface area contributed by atoms with Gasteiger partial charge in [0, 0.05) is 19.5 Å². The zero-order valence-electron chi connectivity index (χ0n) is 10.9. The minimum absolute atomic E-state index is 0.00472. The second-order valence-electron chi connectivity index (χ2n) is 4.58. The van der Waals surface area contributed by atoms with Crippen LogP contribution in [-0.2, 0) is 14.3 Å². The number of nitrogens with zero attached hydrogens (tertiary/aromatic N) is 1. The predicted octanol–water partition coefficient (Wildman–Crippen LogP) is 0.396. The molecule has 0 saturated carbocycles. The molecule has 1 rings (SSSR count). The van der Waals surface area contributed by atoms with Crippen LogP contribution >= 0.6 is 0 Å². The van der Waals surface area contributed by atoms with Crippen LogP contribution in [0.4, 0.5) is 0 Å². The molecule has 2 amide bonds. The van der Waals surface area contributed by atoms with Crippen molar-refractivity contribution in [1.82, 2.24) is 10.2 Å². The van der Waals surface area contributed by atoms with E-state index in [4.69, 9.17) is 4.74 Å². The SMILES string of the molecule is CCC(=O)N[C@@H](C(=O)N1CCOCC1)C(C)C. The molecule has 1 saturated heterocycles. The zero-order valence-corrected chi connectivity index (χ0v) is 10.9. The summed E-state index contributed by atoms with van der Waals surface area (Å²) in [6, 6.07) is -0.416. The van der Waals surface area contributed by atoms with Crippen LogP contribution in [0.1, 0.15) is 27.2 Å². The molecule has 5 nitrogen and oxygen atoms in total. The van der Waals surface area contributed by atoms with Crippen LogP contribution in [0.15, 0.2) is 0 Å². The Morgan fingerprint density at radius 3 is 2.35 bits per heavy atom. The highest BCUT2D eigenvalue weighted by Gasteiger charge is 2.28. The number of hydrogen-bond donors (Lipinski definition) is 1. The van der Waals surface area contributed by atoms with Crippen LogP contribution < -0.4 is 5.32 Å². The van der Waals surface area contributed by atoms with Crippen LogP contribution in [0, 0.1) is 5.92 Å². The lowest BCUT2D eigenvalue weighted by Gasteiger charge is -2.32. The number of morpholine rings is 1. The zero-order chi connectivity index (χ0) is 12.8. The van der Waals surface area contributed by atoms with Gasteiger partial charge in [0.15, 0.2) is 0 Å². The highest BCUT2D eigenvalue weighted by Crippen LogP contribution is 2.08. The summed E-state index contributed by atoms with van der Waals surface area (Å²) in [7, 11) is 0. The van der Waals surface area contributed by atoms with Crippen LogP contribution in [0.25, 0.3) is 0 Å². The highest BCUT2D eigenvalue weighted by atomic mass is 16.5. The molecule has 1 N–H and O–H groups in total. The Morgan fingerprint density at radius 1 is 1.29 bits per heavy atom. The van der Waals surface area contributed by atoms with E-state index in [1.165, 1.54) is 0 Å². The van der Waals surface area contributed by atoms with Crippen LogP contribution in [0.5, 0.6) is 0 Å². The van der Waals surface area contributed by atoms with Crippen molar-refractivity contribution in [2.24, 2.45) is 5.92 Å². The van der Waals surface area contributed by atoms with E-state index >= 15 is 0 Å². The van der Waals surface area contributed by atoms with Gasteiger partial charge in [0.25, 0.3) is 0 Å². The van der Waals surface area contributed by atoms with Crippen molar-refractivity contribution in [2.45, 2.75) is 33.2 Å². The van der Waals surface area contributed by atoms with Crippen molar-refractivity contribution in [1.29, 1.82) is 0 Å². The molecule has 1 fully saturated rings. The number of rotatable bonds is 4. The van der Waals surface area contributed by atoms with Gasteiger partial charge < -0.3 is 15.0 Å². The number of carbonyl (C=O) groups is 2. The minimum Gasteiger partial charge on any atom is -0.378 e. The van der Waals surface area contributed by atoms with Crippen molar-refractivity contribution in [2.75, 3.05) is 26.3 Å². The lowest BCUT2D eigenvalue weighted by molar-refractivity contribution is -0.141. The molecule has 0 spiro atoms. The first-order valence-electron chi connectivity index (χ1n) is 6.22. The Labute approximate surface area is 102 Å². The Bertz CT molecular complexity index is 273. The van der Waals surface area contributed by atoms with Crippen molar-refractivity contribution in [3.8, 4) is 0 Å². The Kier molecular flexibility index (Phi) is 5.41. The maximum absolute atomic E-state index is 12.2. The van der Waals surface area contributed by atoms with Crippen molar-refractivity contribution < 1.29 is 14.3 Å². The Morgan fingerprint density at radius 2 is 1.88 bits per heavy atom. The van der Waals surface area contributed by atoms with Crippen molar-refractivity contribution >= 4 is 11.8 Å². The molecule has 0 radical (unpaired) electrons. The second-order valence-corrected chi connectivity index (χ2v) is 4.58. The molecule has 1 heterocycles. The molecule has 1 aliphatic rings. The maximum Gasteiger partial charge on any atom is 0.245 e. The van der Waals surface area contributed by atoms with E-state index in [0.717, 1.165) is 0 Å². The van der Waals surface area contributed by atoms with Gasteiger partial charge >= 0.3 is 0 Å². The normalized spacial score (nSPS) is 18.0. The fourth-order valence-electron chi connectivity index (χ4n) is 1.77. The second kappa shape index (κ2) is 6.59. The smallest absolute Gasteiger partial charge is 0.245 e. The van der Waals surface area contributed by atoms with Crippen LogP contribution in [0.3, 0.4) is 0 Å². The average molecular weight is 242 g/mol. The van der Waals surface area contributed by atoms with Crippen molar-refractivity contribution in [3.05, 3.63) is 0 Å². The molecular weight excluding hydrogens is 220 g/mol. The number of ether oxygens (including phenoxy) is 1. The predicted molar refractivity (Wildman–Crippen MR) is 64.5 cm³/mol. The summed E-state index contributed by atoms with van der Waals surface area (Å²) in [5.41, 5.74) is 0. The lowest BCUT2D eigenvalue weighted by atomic mass is 10.0. The number of nitrogens with one attached hydrogen (secondary N) is 1. The summed E-state index contributed by atoms with van der Waals surface area (Å²) in [6.45, 7) is 8.06. The average Bonchev–Trinajstić information content (AvgIpc) is 2.35. The van der Waals surface area contributed by atoms with E-state index < -0.39 is 6.04 Å². The molecule has 0 aliphatic carbocycles. The standard InChI is InChI=1S/C12H22N2O3/c1-4-10(15)13-11(9(2)3)12(16)14-5-7-17-8-6-14/h9,11H,4-8H2,1-3H3,(H,13,15)/t11-/m1/s1. The molecule has 0 aromatic rings. The third kappa shape index (κ3) is 4.00. The molecule has 17 heavy (non-hydrogen) atoms. The first-order valence-corrected chi connectivity index (χ1v) is 6.22. The van der Waals surface area contributed by atoms with Gasteiger partial charge in [-0.2, -0.15) is 0 Å². The summed E-state index contributed by atoms with van der Waals surface area (Å²) in [4.78, 5) is 25.4. The minimum atomic E-state index is -0.416. The largest absolute Gasteiger partial charge is 0.378 e. The van der Waals surface area contributed by atoms with Gasteiger partial charge in [-0.25, -0.2) is 0 Å². The third-order valence-corrected chi connectivity index (χ3v) is 2.89. The Hall–Kier alpha value is -1.10. The Balaban J connectivity index is 2.62. The van der Waals surface area contributed by atoms with Crippen LogP contribution in [-0.4, -0.2) is 49.1 Å². The van der Waals surface area contributed by atoms with E-state index in [0.29, 0.717) is 32.7 Å². The molecule has 0 aromatic carbocycles. The first kappa shape index (κ1) is 14.0. The summed E-state index contributed by atoms with van der Waals surface area (Å²) < 4.78 is 5.21. The third-order valence-electron chi connectivity index (χ3n) is 2.89. The topological polar surface area (TPSA) is 58.6 Å². The van der Waals surface area contributed by atoms with E-state index in [1.54, 1.807) is 11.8 Å². The number of amides is 2. The van der Waals surface area contributed by atoms with Gasteiger partial charge in [-0.3, -0.25) is 9.59 Å². The van der Waals surface area contributed by atoms with E-state index in [-0.39, 0.29) is 17.7 Å². The maximum atomic E-state index is 12.2. The van der Waals surface area contributed by atoms with Gasteiger partial charge in [0.1, 0.15) is 6.04 Å². The molecule has 5 heteroatoms. The summed E-state index contributed by atoms with van der Waals surface area (Å²) >= 11 is 0. The van der Waals surface area contributed by atoms with Gasteiger partial charge in [0.05, 0.1) is 13.2 Å². The van der Waals surface area contributed by atoms with E-state index in [2.05, 4.69) is 5.32 Å². The van der Waals surface area contributed by atoms with E-state index in [9.17, 15) is 9.59 Å². The van der Waals surface area contributed by atoms with Gasteiger partial charge in [0.2, 0.25) is 11.8 Å². The first-order chi connectivity index (χ1) is 8.06. The molecular formula is C12H22N2O3. The summed E-state index contributed by atoms with van der Waals surface area (Å²) in [5, 5.41) is 2.79. The monoisotopic (exact) mass is 242 g/mol. The fourth-order valence-corrected chi connectivity index (χ4v) is 1.77. The number of hydrogen-bond acceptors (Lipinski definition) is 3. The van der Waals surface area contributed by atoms with E-state index in [1.807, 2.05) is 13.8 Å². The fraction of sp³-hybridized carbons (Fsp3) is 0.833. The summed E-state index contributed by atoms with van der Waals surface area (Å²) in [5.74, 6) is 0.0243. The lowest BCUT2D eigenvalue weighted by Crippen LogP contribution is -2.53. The van der Waals surface area contributed by atoms with Gasteiger partial charge in [-0.1, -0.05) is 20.8 Å². The van der Waals surface area contributed by atoms with Gasteiger partial charge in [-0.05, 0) is 5.92 Å². The molecule has 0 unspecified atom stereocenters. The highest BCUT2D eigenvalue weighted by molar-refractivity contribution is 5.87.